The molecule has 6 nitrogen and oxygen atoms in total. The number of rotatable bonds is 4. The molecule has 0 aliphatic heterocycles. The number of benzene rings is 2. The van der Waals surface area contributed by atoms with Gasteiger partial charge in [0, 0.05) is 11.6 Å². The SMILES string of the molecule is C#COc1cc(C)c2nc(-c3cc(CO)cc4nc(OC)cnc34)sc2c1. The van der Waals surface area contributed by atoms with Gasteiger partial charge in [0.1, 0.15) is 16.9 Å². The Balaban J connectivity index is 1.96. The van der Waals surface area contributed by atoms with E-state index in [0.717, 1.165) is 31.9 Å². The third-order valence-corrected chi connectivity index (χ3v) is 5.18. The van der Waals surface area contributed by atoms with Crippen molar-refractivity contribution in [1.82, 2.24) is 15.0 Å². The standard InChI is InChI=1S/C20H15N3O3S/c1-4-26-13-5-11(2)18-16(8-13)27-20(23-18)14-6-12(10-24)7-15-19(14)21-9-17(22-15)25-3/h1,5-9,24H,10H2,2-3H3. The van der Waals surface area contributed by atoms with Crippen molar-refractivity contribution in [3.63, 3.8) is 0 Å². The van der Waals surface area contributed by atoms with Crippen LogP contribution in [0.25, 0.3) is 31.8 Å². The average molecular weight is 377 g/mol. The molecule has 27 heavy (non-hydrogen) atoms. The molecule has 0 unspecified atom stereocenters. The van der Waals surface area contributed by atoms with E-state index in [4.69, 9.17) is 20.9 Å². The molecular weight excluding hydrogens is 362 g/mol. The second-order valence-corrected chi connectivity index (χ2v) is 6.94. The van der Waals surface area contributed by atoms with E-state index in [1.165, 1.54) is 11.3 Å². The maximum absolute atomic E-state index is 9.64. The predicted octanol–water partition coefficient (Wildman–Crippen LogP) is 3.69. The summed E-state index contributed by atoms with van der Waals surface area (Å²) in [5.74, 6) is 1.02. The molecule has 0 saturated carbocycles. The van der Waals surface area contributed by atoms with Gasteiger partial charge in [-0.2, -0.15) is 0 Å². The van der Waals surface area contributed by atoms with E-state index in [1.807, 2.05) is 25.1 Å². The highest BCUT2D eigenvalue weighted by atomic mass is 32.1. The van der Waals surface area contributed by atoms with Gasteiger partial charge in [0.15, 0.2) is 0 Å². The monoisotopic (exact) mass is 377 g/mol. The number of ether oxygens (including phenoxy) is 2. The lowest BCUT2D eigenvalue weighted by atomic mass is 10.1. The van der Waals surface area contributed by atoms with Crippen LogP contribution in [-0.4, -0.2) is 27.2 Å². The summed E-state index contributed by atoms with van der Waals surface area (Å²) in [5.41, 5.74) is 4.73. The molecule has 4 rings (SSSR count). The van der Waals surface area contributed by atoms with Crippen molar-refractivity contribution in [2.75, 3.05) is 7.11 Å². The fourth-order valence-corrected chi connectivity index (χ4v) is 4.01. The van der Waals surface area contributed by atoms with Crippen molar-refractivity contribution in [3.05, 3.63) is 41.6 Å². The molecule has 0 radical (unpaired) electrons. The summed E-state index contributed by atoms with van der Waals surface area (Å²) in [7, 11) is 1.54. The molecule has 0 aliphatic rings. The van der Waals surface area contributed by atoms with Gasteiger partial charge in [-0.05, 0) is 36.2 Å². The third kappa shape index (κ3) is 3.05. The largest absolute Gasteiger partial charge is 0.480 e. The number of nitrogens with zero attached hydrogens (tertiary/aromatic N) is 3. The number of thiazole rings is 1. The lowest BCUT2D eigenvalue weighted by Gasteiger charge is -2.07. The van der Waals surface area contributed by atoms with Gasteiger partial charge in [0.25, 0.3) is 0 Å². The summed E-state index contributed by atoms with van der Waals surface area (Å²) < 4.78 is 11.3. The van der Waals surface area contributed by atoms with Gasteiger partial charge in [-0.25, -0.2) is 15.0 Å². The second-order valence-electron chi connectivity index (χ2n) is 5.91. The fraction of sp³-hybridized carbons (Fsp3) is 0.150. The molecule has 2 heterocycles. The molecule has 0 bridgehead atoms. The van der Waals surface area contributed by atoms with E-state index < -0.39 is 0 Å². The zero-order valence-corrected chi connectivity index (χ0v) is 15.5. The van der Waals surface area contributed by atoms with Gasteiger partial charge in [-0.15, -0.1) is 11.3 Å². The van der Waals surface area contributed by atoms with Gasteiger partial charge in [0.05, 0.1) is 41.2 Å². The number of terminal acetylenes is 1. The van der Waals surface area contributed by atoms with E-state index in [9.17, 15) is 5.11 Å². The third-order valence-electron chi connectivity index (χ3n) is 4.14. The molecule has 2 aromatic carbocycles. The molecule has 0 aliphatic carbocycles. The number of aliphatic hydroxyl groups is 1. The van der Waals surface area contributed by atoms with Crippen molar-refractivity contribution in [2.45, 2.75) is 13.5 Å². The zero-order valence-electron chi connectivity index (χ0n) is 14.7. The Bertz CT molecular complexity index is 1210. The first kappa shape index (κ1) is 17.2. The molecule has 0 fully saturated rings. The quantitative estimate of drug-likeness (QED) is 0.547. The first-order chi connectivity index (χ1) is 13.1. The summed E-state index contributed by atoms with van der Waals surface area (Å²) in [5, 5.41) is 10.4. The highest BCUT2D eigenvalue weighted by Crippen LogP contribution is 2.37. The predicted molar refractivity (Wildman–Crippen MR) is 105 cm³/mol. The van der Waals surface area contributed by atoms with Crippen molar-refractivity contribution >= 4 is 32.6 Å². The van der Waals surface area contributed by atoms with Crippen LogP contribution in [0.2, 0.25) is 0 Å². The van der Waals surface area contributed by atoms with Gasteiger partial charge < -0.3 is 14.6 Å². The molecule has 0 amide bonds. The topological polar surface area (TPSA) is 77.4 Å². The molecule has 4 aromatic rings. The van der Waals surface area contributed by atoms with Gasteiger partial charge in [0.2, 0.25) is 5.88 Å². The summed E-state index contributed by atoms with van der Waals surface area (Å²) in [6.07, 6.45) is 9.00. The highest BCUT2D eigenvalue weighted by Gasteiger charge is 2.15. The molecule has 0 saturated heterocycles. The maximum atomic E-state index is 9.64. The molecule has 2 aromatic heterocycles. The summed E-state index contributed by atoms with van der Waals surface area (Å²) in [6.45, 7) is 1.86. The number of methoxy groups -OCH3 is 1. The molecule has 0 atom stereocenters. The number of aromatic nitrogens is 3. The highest BCUT2D eigenvalue weighted by molar-refractivity contribution is 7.21. The lowest BCUT2D eigenvalue weighted by Crippen LogP contribution is -1.95. The second kappa shape index (κ2) is 6.83. The van der Waals surface area contributed by atoms with Crippen LogP contribution < -0.4 is 9.47 Å². The molecule has 7 heteroatoms. The van der Waals surface area contributed by atoms with E-state index in [0.29, 0.717) is 22.7 Å². The van der Waals surface area contributed by atoms with Crippen molar-refractivity contribution < 1.29 is 14.6 Å². The maximum Gasteiger partial charge on any atom is 0.232 e. The number of hydrogen-bond donors (Lipinski definition) is 1. The molecule has 0 spiro atoms. The fourth-order valence-electron chi connectivity index (χ4n) is 2.93. The molecule has 1 N–H and O–H groups in total. The van der Waals surface area contributed by atoms with Gasteiger partial charge in [-0.1, -0.05) is 6.42 Å². The van der Waals surface area contributed by atoms with Crippen LogP contribution in [0.15, 0.2) is 30.5 Å². The van der Waals surface area contributed by atoms with Crippen LogP contribution in [0.1, 0.15) is 11.1 Å². The smallest absolute Gasteiger partial charge is 0.232 e. The minimum atomic E-state index is -0.105. The number of aryl methyl sites for hydroxylation is 1. The van der Waals surface area contributed by atoms with E-state index >= 15 is 0 Å². The van der Waals surface area contributed by atoms with Crippen LogP contribution >= 0.6 is 11.3 Å². The van der Waals surface area contributed by atoms with E-state index in [1.54, 1.807) is 19.4 Å². The number of fused-ring (bicyclic) bond motifs is 2. The van der Waals surface area contributed by atoms with Gasteiger partial charge in [-0.3, -0.25) is 0 Å². The Morgan fingerprint density at radius 2 is 2.04 bits per heavy atom. The average Bonchev–Trinajstić information content (AvgIpc) is 3.11. The van der Waals surface area contributed by atoms with Crippen LogP contribution in [0.5, 0.6) is 11.6 Å². The first-order valence-corrected chi connectivity index (χ1v) is 8.93. The first-order valence-electron chi connectivity index (χ1n) is 8.11. The lowest BCUT2D eigenvalue weighted by molar-refractivity contribution is 0.282. The van der Waals surface area contributed by atoms with Crippen LogP contribution in [-0.2, 0) is 6.61 Å². The van der Waals surface area contributed by atoms with E-state index in [2.05, 4.69) is 16.1 Å². The molecule has 134 valence electrons. The number of aliphatic hydroxyl groups excluding tert-OH is 1. The van der Waals surface area contributed by atoms with Crippen LogP contribution in [0.4, 0.5) is 0 Å². The van der Waals surface area contributed by atoms with Crippen LogP contribution in [0, 0.1) is 19.5 Å². The number of hydrogen-bond acceptors (Lipinski definition) is 7. The van der Waals surface area contributed by atoms with Crippen LogP contribution in [0.3, 0.4) is 0 Å². The Morgan fingerprint density at radius 1 is 1.19 bits per heavy atom. The zero-order chi connectivity index (χ0) is 19.0. The van der Waals surface area contributed by atoms with Crippen molar-refractivity contribution in [2.24, 2.45) is 0 Å². The Kier molecular flexibility index (Phi) is 4.36. The van der Waals surface area contributed by atoms with Gasteiger partial charge >= 0.3 is 0 Å². The summed E-state index contributed by atoms with van der Waals surface area (Å²) >= 11 is 1.51. The Labute approximate surface area is 159 Å². The van der Waals surface area contributed by atoms with Crippen molar-refractivity contribution in [1.29, 1.82) is 0 Å². The molecular formula is C20H15N3O3S. The summed E-state index contributed by atoms with van der Waals surface area (Å²) in [4.78, 5) is 13.7. The minimum Gasteiger partial charge on any atom is -0.480 e. The minimum absolute atomic E-state index is 0.105. The van der Waals surface area contributed by atoms with E-state index in [-0.39, 0.29) is 6.61 Å². The Hall–Kier alpha value is -3.21. The normalized spacial score (nSPS) is 10.9. The summed E-state index contributed by atoms with van der Waals surface area (Å²) in [6, 6.07) is 7.41. The van der Waals surface area contributed by atoms with Crippen molar-refractivity contribution in [3.8, 4) is 34.7 Å². The Morgan fingerprint density at radius 3 is 2.78 bits per heavy atom.